The molecule has 1 saturated carbocycles. The second-order valence-corrected chi connectivity index (χ2v) is 6.12. The van der Waals surface area contributed by atoms with Crippen molar-refractivity contribution in [2.24, 2.45) is 5.73 Å². The maximum atomic E-state index is 6.18. The Morgan fingerprint density at radius 3 is 2.81 bits per heavy atom. The summed E-state index contributed by atoms with van der Waals surface area (Å²) in [5, 5.41) is 0.512. The number of ether oxygens (including phenoxy) is 2. The second-order valence-electron chi connectivity index (χ2n) is 4.78. The first kappa shape index (κ1) is 12.7. The van der Waals surface area contributed by atoms with E-state index in [4.69, 9.17) is 15.2 Å². The third-order valence-electron chi connectivity index (χ3n) is 3.49. The molecular weight excluding hydrogens is 222 g/mol. The number of hydrogen-bond acceptors (Lipinski definition) is 4. The fraction of sp³-hybridized carbons (Fsp3) is 1.00. The van der Waals surface area contributed by atoms with Crippen LogP contribution in [0.1, 0.15) is 39.0 Å². The van der Waals surface area contributed by atoms with Crippen molar-refractivity contribution in [3.63, 3.8) is 0 Å². The monoisotopic (exact) mass is 245 g/mol. The minimum Gasteiger partial charge on any atom is -0.347 e. The van der Waals surface area contributed by atoms with Crippen molar-refractivity contribution in [2.45, 2.75) is 56.1 Å². The molecule has 1 heterocycles. The van der Waals surface area contributed by atoms with Gasteiger partial charge in [0.1, 0.15) is 0 Å². The molecule has 2 fully saturated rings. The first-order valence-electron chi connectivity index (χ1n) is 6.41. The summed E-state index contributed by atoms with van der Waals surface area (Å²) in [5.74, 6) is 0.935. The normalized spacial score (nSPS) is 33.4. The van der Waals surface area contributed by atoms with Crippen LogP contribution in [0.3, 0.4) is 0 Å². The molecule has 0 aromatic heterocycles. The minimum atomic E-state index is -0.278. The van der Waals surface area contributed by atoms with E-state index in [1.165, 1.54) is 18.6 Å². The maximum Gasteiger partial charge on any atom is 0.169 e. The van der Waals surface area contributed by atoms with Crippen molar-refractivity contribution in [2.75, 3.05) is 19.0 Å². The molecule has 1 aliphatic heterocycles. The molecule has 2 unspecified atom stereocenters. The molecule has 1 saturated heterocycles. The van der Waals surface area contributed by atoms with Gasteiger partial charge in [0.15, 0.2) is 5.79 Å². The largest absolute Gasteiger partial charge is 0.347 e. The molecule has 0 aromatic rings. The molecule has 1 aliphatic carbocycles. The Balaban J connectivity index is 1.84. The van der Waals surface area contributed by atoms with E-state index in [9.17, 15) is 0 Å². The highest BCUT2D eigenvalue weighted by atomic mass is 32.2. The third-order valence-corrected chi connectivity index (χ3v) is 4.96. The highest BCUT2D eigenvalue weighted by Crippen LogP contribution is 2.39. The van der Waals surface area contributed by atoms with E-state index in [0.717, 1.165) is 32.5 Å². The molecule has 2 rings (SSSR count). The molecule has 0 bridgehead atoms. The molecule has 94 valence electrons. The summed E-state index contributed by atoms with van der Waals surface area (Å²) in [6.45, 7) is 3.73. The second kappa shape index (κ2) is 5.71. The van der Waals surface area contributed by atoms with Gasteiger partial charge in [0.25, 0.3) is 0 Å². The SMILES string of the molecule is CCCCSC1CC2(CCC1N)OCCO2. The molecular formula is C12H23NO2S. The fourth-order valence-corrected chi connectivity index (χ4v) is 3.97. The Morgan fingerprint density at radius 1 is 1.38 bits per heavy atom. The van der Waals surface area contributed by atoms with Crippen molar-refractivity contribution < 1.29 is 9.47 Å². The van der Waals surface area contributed by atoms with Gasteiger partial charge >= 0.3 is 0 Å². The van der Waals surface area contributed by atoms with Crippen LogP contribution in [-0.2, 0) is 9.47 Å². The number of thioether (sulfide) groups is 1. The van der Waals surface area contributed by atoms with Crippen LogP contribution in [0.15, 0.2) is 0 Å². The lowest BCUT2D eigenvalue weighted by atomic mass is 9.90. The average molecular weight is 245 g/mol. The highest BCUT2D eigenvalue weighted by Gasteiger charge is 2.44. The number of nitrogens with two attached hydrogens (primary N) is 1. The van der Waals surface area contributed by atoms with Gasteiger partial charge in [0.2, 0.25) is 0 Å². The van der Waals surface area contributed by atoms with Crippen LogP contribution < -0.4 is 5.73 Å². The van der Waals surface area contributed by atoms with Crippen LogP contribution in [0.5, 0.6) is 0 Å². The lowest BCUT2D eigenvalue weighted by molar-refractivity contribution is -0.176. The Morgan fingerprint density at radius 2 is 2.12 bits per heavy atom. The summed E-state index contributed by atoms with van der Waals surface area (Å²) in [5.41, 5.74) is 6.18. The van der Waals surface area contributed by atoms with Crippen molar-refractivity contribution in [3.05, 3.63) is 0 Å². The zero-order valence-electron chi connectivity index (χ0n) is 10.1. The first-order chi connectivity index (χ1) is 7.76. The van der Waals surface area contributed by atoms with E-state index in [1.54, 1.807) is 0 Å². The smallest absolute Gasteiger partial charge is 0.169 e. The molecule has 0 radical (unpaired) electrons. The zero-order chi connectivity index (χ0) is 11.4. The van der Waals surface area contributed by atoms with E-state index in [1.807, 2.05) is 11.8 Å². The highest BCUT2D eigenvalue weighted by molar-refractivity contribution is 7.99. The summed E-state index contributed by atoms with van der Waals surface area (Å²) in [6.07, 6.45) is 5.51. The van der Waals surface area contributed by atoms with Gasteiger partial charge in [-0.05, 0) is 18.6 Å². The lowest BCUT2D eigenvalue weighted by Gasteiger charge is -2.39. The molecule has 3 nitrogen and oxygen atoms in total. The average Bonchev–Trinajstić information content (AvgIpc) is 2.73. The Bertz CT molecular complexity index is 219. The molecule has 4 heteroatoms. The molecule has 2 aliphatic rings. The van der Waals surface area contributed by atoms with Gasteiger partial charge in [-0.15, -0.1) is 0 Å². The predicted molar refractivity (Wildman–Crippen MR) is 67.6 cm³/mol. The molecule has 1 spiro atoms. The number of rotatable bonds is 4. The van der Waals surface area contributed by atoms with Crippen LogP contribution in [0.2, 0.25) is 0 Å². The van der Waals surface area contributed by atoms with Gasteiger partial charge in [0, 0.05) is 24.1 Å². The standard InChI is InChI=1S/C12H23NO2S/c1-2-3-8-16-11-9-12(5-4-10(11)13)14-6-7-15-12/h10-11H,2-9,13H2,1H3. The van der Waals surface area contributed by atoms with Crippen molar-refractivity contribution in [1.82, 2.24) is 0 Å². The Labute approximate surface area is 102 Å². The lowest BCUT2D eigenvalue weighted by Crippen LogP contribution is -2.47. The van der Waals surface area contributed by atoms with Crippen LogP contribution in [-0.4, -0.2) is 36.0 Å². The molecule has 0 amide bonds. The molecule has 16 heavy (non-hydrogen) atoms. The van der Waals surface area contributed by atoms with Gasteiger partial charge in [-0.25, -0.2) is 0 Å². The zero-order valence-corrected chi connectivity index (χ0v) is 10.9. The number of hydrogen-bond donors (Lipinski definition) is 1. The Kier molecular flexibility index (Phi) is 4.53. The summed E-state index contributed by atoms with van der Waals surface area (Å²) in [7, 11) is 0. The predicted octanol–water partition coefficient (Wildman–Crippen LogP) is 2.14. The van der Waals surface area contributed by atoms with E-state index >= 15 is 0 Å². The van der Waals surface area contributed by atoms with Gasteiger partial charge < -0.3 is 15.2 Å². The van der Waals surface area contributed by atoms with Crippen LogP contribution >= 0.6 is 11.8 Å². The summed E-state index contributed by atoms with van der Waals surface area (Å²) in [4.78, 5) is 0. The van der Waals surface area contributed by atoms with Gasteiger partial charge in [-0.1, -0.05) is 13.3 Å². The summed E-state index contributed by atoms with van der Waals surface area (Å²) >= 11 is 2.01. The Hall–Kier alpha value is 0.230. The van der Waals surface area contributed by atoms with Crippen molar-refractivity contribution in [1.29, 1.82) is 0 Å². The third kappa shape index (κ3) is 2.92. The summed E-state index contributed by atoms with van der Waals surface area (Å²) < 4.78 is 11.6. The van der Waals surface area contributed by atoms with E-state index in [0.29, 0.717) is 11.3 Å². The molecule has 0 aromatic carbocycles. The van der Waals surface area contributed by atoms with Crippen molar-refractivity contribution in [3.8, 4) is 0 Å². The van der Waals surface area contributed by atoms with E-state index in [-0.39, 0.29) is 5.79 Å². The van der Waals surface area contributed by atoms with E-state index < -0.39 is 0 Å². The first-order valence-corrected chi connectivity index (χ1v) is 7.46. The topological polar surface area (TPSA) is 44.5 Å². The molecule has 2 N–H and O–H groups in total. The molecule has 2 atom stereocenters. The summed E-state index contributed by atoms with van der Waals surface area (Å²) in [6, 6.07) is 0.320. The van der Waals surface area contributed by atoms with E-state index in [2.05, 4.69) is 6.92 Å². The van der Waals surface area contributed by atoms with Crippen LogP contribution in [0.25, 0.3) is 0 Å². The van der Waals surface area contributed by atoms with Gasteiger partial charge in [-0.3, -0.25) is 0 Å². The fourth-order valence-electron chi connectivity index (χ4n) is 2.45. The minimum absolute atomic E-state index is 0.278. The van der Waals surface area contributed by atoms with Crippen LogP contribution in [0, 0.1) is 0 Å². The maximum absolute atomic E-state index is 6.18. The van der Waals surface area contributed by atoms with Gasteiger partial charge in [0.05, 0.1) is 13.2 Å². The number of unbranched alkanes of at least 4 members (excludes halogenated alkanes) is 1. The van der Waals surface area contributed by atoms with Crippen LogP contribution in [0.4, 0.5) is 0 Å². The van der Waals surface area contributed by atoms with Crippen molar-refractivity contribution >= 4 is 11.8 Å². The quantitative estimate of drug-likeness (QED) is 0.771. The van der Waals surface area contributed by atoms with Gasteiger partial charge in [-0.2, -0.15) is 11.8 Å².